The third-order valence-corrected chi connectivity index (χ3v) is 3.55. The predicted octanol–water partition coefficient (Wildman–Crippen LogP) is 4.62. The maximum atomic E-state index is 8.63. The first-order chi connectivity index (χ1) is 7.47. The molecule has 0 heterocycles. The van der Waals surface area contributed by atoms with Gasteiger partial charge in [-0.25, -0.2) is 0 Å². The molecule has 1 heteroatoms. The number of hydrogen-bond acceptors (Lipinski definition) is 1. The van der Waals surface area contributed by atoms with E-state index in [4.69, 9.17) is 5.26 Å². The lowest BCUT2D eigenvalue weighted by Crippen LogP contribution is -2.19. The third-order valence-electron chi connectivity index (χ3n) is 3.55. The predicted molar refractivity (Wildman–Crippen MR) is 68.9 cm³/mol. The molecule has 1 nitrogen and oxygen atoms in total. The van der Waals surface area contributed by atoms with Crippen molar-refractivity contribution < 1.29 is 0 Å². The molecule has 16 heavy (non-hydrogen) atoms. The largest absolute Gasteiger partial charge is 0.198 e. The van der Waals surface area contributed by atoms with Gasteiger partial charge in [-0.2, -0.15) is 5.26 Å². The molecule has 1 aliphatic rings. The summed E-state index contributed by atoms with van der Waals surface area (Å²) < 4.78 is 0. The van der Waals surface area contributed by atoms with Gasteiger partial charge in [-0.3, -0.25) is 0 Å². The summed E-state index contributed by atoms with van der Waals surface area (Å²) in [6, 6.07) is 2.22. The van der Waals surface area contributed by atoms with Gasteiger partial charge in [0.1, 0.15) is 0 Å². The van der Waals surface area contributed by atoms with E-state index in [1.165, 1.54) is 30.4 Å². The SMILES string of the molecule is CC1=C(/C=C/[C@H](C)CC#N)C(C)(C)CCC1. The molecule has 0 aromatic carbocycles. The quantitative estimate of drug-likeness (QED) is 0.676. The van der Waals surface area contributed by atoms with Crippen molar-refractivity contribution in [2.24, 2.45) is 11.3 Å². The van der Waals surface area contributed by atoms with E-state index in [-0.39, 0.29) is 0 Å². The fourth-order valence-corrected chi connectivity index (χ4v) is 2.48. The second kappa shape index (κ2) is 5.34. The first-order valence-electron chi connectivity index (χ1n) is 6.23. The standard InChI is InChI=1S/C15H23N/c1-12(9-11-16)7-8-14-13(2)6-5-10-15(14,3)4/h7-8,12H,5-6,9-10H2,1-4H3/b8-7+/t12-/m0/s1. The van der Waals surface area contributed by atoms with Gasteiger partial charge in [-0.1, -0.05) is 38.5 Å². The fraction of sp³-hybridized carbons (Fsp3) is 0.667. The van der Waals surface area contributed by atoms with Crippen molar-refractivity contribution in [3.63, 3.8) is 0 Å². The van der Waals surface area contributed by atoms with Gasteiger partial charge in [0.25, 0.3) is 0 Å². The molecule has 0 aromatic heterocycles. The van der Waals surface area contributed by atoms with Crippen LogP contribution in [-0.2, 0) is 0 Å². The Labute approximate surface area is 99.9 Å². The summed E-state index contributed by atoms with van der Waals surface area (Å²) >= 11 is 0. The molecule has 0 saturated heterocycles. The zero-order chi connectivity index (χ0) is 12.2. The Morgan fingerprint density at radius 1 is 1.50 bits per heavy atom. The Hall–Kier alpha value is -1.03. The average molecular weight is 217 g/mol. The lowest BCUT2D eigenvalue weighted by Gasteiger charge is -2.33. The van der Waals surface area contributed by atoms with Crippen molar-refractivity contribution in [2.45, 2.75) is 53.4 Å². The smallest absolute Gasteiger partial charge is 0.0627 e. The van der Waals surface area contributed by atoms with Crippen molar-refractivity contribution in [3.05, 3.63) is 23.3 Å². The maximum Gasteiger partial charge on any atom is 0.0627 e. The van der Waals surface area contributed by atoms with E-state index in [0.717, 1.165) is 0 Å². The van der Waals surface area contributed by atoms with Crippen LogP contribution in [0.2, 0.25) is 0 Å². The van der Waals surface area contributed by atoms with E-state index in [2.05, 4.69) is 45.9 Å². The molecule has 0 fully saturated rings. The number of allylic oxidation sites excluding steroid dienone is 4. The van der Waals surface area contributed by atoms with Crippen molar-refractivity contribution in [1.82, 2.24) is 0 Å². The highest BCUT2D eigenvalue weighted by Gasteiger charge is 2.26. The highest BCUT2D eigenvalue weighted by atomic mass is 14.3. The highest BCUT2D eigenvalue weighted by molar-refractivity contribution is 5.32. The summed E-state index contributed by atoms with van der Waals surface area (Å²) in [5.41, 5.74) is 3.32. The molecule has 0 aliphatic heterocycles. The number of hydrogen-bond donors (Lipinski definition) is 0. The summed E-state index contributed by atoms with van der Waals surface area (Å²) in [5, 5.41) is 8.63. The number of nitrogens with zero attached hydrogens (tertiary/aromatic N) is 1. The summed E-state index contributed by atoms with van der Waals surface area (Å²) in [4.78, 5) is 0. The average Bonchev–Trinajstić information content (AvgIpc) is 2.16. The van der Waals surface area contributed by atoms with Gasteiger partial charge < -0.3 is 0 Å². The van der Waals surface area contributed by atoms with E-state index in [1.807, 2.05) is 0 Å². The Morgan fingerprint density at radius 2 is 2.19 bits per heavy atom. The number of rotatable bonds is 3. The van der Waals surface area contributed by atoms with Gasteiger partial charge in [0, 0.05) is 6.42 Å². The molecule has 1 atom stereocenters. The van der Waals surface area contributed by atoms with Crippen LogP contribution < -0.4 is 0 Å². The Kier molecular flexibility index (Phi) is 4.35. The van der Waals surface area contributed by atoms with Gasteiger partial charge >= 0.3 is 0 Å². The van der Waals surface area contributed by atoms with E-state index in [0.29, 0.717) is 17.8 Å². The van der Waals surface area contributed by atoms with Gasteiger partial charge in [-0.05, 0) is 43.1 Å². The van der Waals surface area contributed by atoms with Crippen LogP contribution in [0.1, 0.15) is 53.4 Å². The van der Waals surface area contributed by atoms with Crippen LogP contribution in [0.25, 0.3) is 0 Å². The second-order valence-electron chi connectivity index (χ2n) is 5.63. The Balaban J connectivity index is 2.82. The Bertz CT molecular complexity index is 339. The van der Waals surface area contributed by atoms with Crippen LogP contribution in [0.15, 0.2) is 23.3 Å². The van der Waals surface area contributed by atoms with Gasteiger partial charge in [0.15, 0.2) is 0 Å². The first kappa shape index (κ1) is 13.0. The van der Waals surface area contributed by atoms with Crippen LogP contribution in [0.4, 0.5) is 0 Å². The molecule has 0 radical (unpaired) electrons. The maximum absolute atomic E-state index is 8.63. The molecule has 0 amide bonds. The molecular formula is C15H23N. The van der Waals surface area contributed by atoms with Crippen LogP contribution in [0.3, 0.4) is 0 Å². The molecule has 1 aliphatic carbocycles. The van der Waals surface area contributed by atoms with E-state index >= 15 is 0 Å². The summed E-state index contributed by atoms with van der Waals surface area (Å²) in [7, 11) is 0. The van der Waals surface area contributed by atoms with Crippen molar-refractivity contribution in [2.75, 3.05) is 0 Å². The first-order valence-corrected chi connectivity index (χ1v) is 6.23. The highest BCUT2D eigenvalue weighted by Crippen LogP contribution is 2.40. The third kappa shape index (κ3) is 3.23. The minimum absolute atomic E-state index is 0.311. The molecule has 0 unspecified atom stereocenters. The fourth-order valence-electron chi connectivity index (χ4n) is 2.48. The molecule has 0 spiro atoms. The van der Waals surface area contributed by atoms with Crippen LogP contribution >= 0.6 is 0 Å². The summed E-state index contributed by atoms with van der Waals surface area (Å²) in [6.45, 7) is 9.00. The minimum Gasteiger partial charge on any atom is -0.198 e. The van der Waals surface area contributed by atoms with Crippen LogP contribution in [-0.4, -0.2) is 0 Å². The van der Waals surface area contributed by atoms with E-state index in [9.17, 15) is 0 Å². The van der Waals surface area contributed by atoms with Crippen molar-refractivity contribution in [3.8, 4) is 6.07 Å². The zero-order valence-electron chi connectivity index (χ0n) is 11.0. The zero-order valence-corrected chi connectivity index (χ0v) is 11.0. The molecule has 0 bridgehead atoms. The van der Waals surface area contributed by atoms with Crippen LogP contribution in [0.5, 0.6) is 0 Å². The molecule has 0 saturated carbocycles. The normalized spacial score (nSPS) is 22.2. The van der Waals surface area contributed by atoms with Gasteiger partial charge in [0.05, 0.1) is 6.07 Å². The van der Waals surface area contributed by atoms with Crippen molar-refractivity contribution in [1.29, 1.82) is 5.26 Å². The lowest BCUT2D eigenvalue weighted by molar-refractivity contribution is 0.376. The van der Waals surface area contributed by atoms with Crippen LogP contribution in [0, 0.1) is 22.7 Å². The second-order valence-corrected chi connectivity index (χ2v) is 5.63. The summed E-state index contributed by atoms with van der Waals surface area (Å²) in [6.07, 6.45) is 8.88. The van der Waals surface area contributed by atoms with Crippen molar-refractivity contribution >= 4 is 0 Å². The molecular weight excluding hydrogens is 194 g/mol. The topological polar surface area (TPSA) is 23.8 Å². The number of nitriles is 1. The molecule has 1 rings (SSSR count). The lowest BCUT2D eigenvalue weighted by atomic mass is 9.72. The van der Waals surface area contributed by atoms with E-state index in [1.54, 1.807) is 0 Å². The van der Waals surface area contributed by atoms with E-state index < -0.39 is 0 Å². The monoisotopic (exact) mass is 217 g/mol. The minimum atomic E-state index is 0.311. The molecule has 0 aromatic rings. The molecule has 0 N–H and O–H groups in total. The molecule has 88 valence electrons. The Morgan fingerprint density at radius 3 is 2.75 bits per heavy atom. The summed E-state index contributed by atoms with van der Waals surface area (Å²) in [5.74, 6) is 0.364. The van der Waals surface area contributed by atoms with Gasteiger partial charge in [-0.15, -0.1) is 0 Å². The van der Waals surface area contributed by atoms with Gasteiger partial charge in [0.2, 0.25) is 0 Å².